The number of methoxy groups -OCH3 is 1. The second-order valence-corrected chi connectivity index (χ2v) is 4.28. The third-order valence-corrected chi connectivity index (χ3v) is 2.67. The summed E-state index contributed by atoms with van der Waals surface area (Å²) in [6.45, 7) is 1.97. The topological polar surface area (TPSA) is 68.4 Å². The summed E-state index contributed by atoms with van der Waals surface area (Å²) in [5.41, 5.74) is 1.43. The summed E-state index contributed by atoms with van der Waals surface area (Å²) in [6.07, 6.45) is -0.464. The minimum absolute atomic E-state index is 0.202. The van der Waals surface area contributed by atoms with Crippen LogP contribution >= 0.6 is 0 Å². The van der Waals surface area contributed by atoms with Gasteiger partial charge in [0.1, 0.15) is 5.82 Å². The lowest BCUT2D eigenvalue weighted by Crippen LogP contribution is -2.17. The van der Waals surface area contributed by atoms with Gasteiger partial charge in [-0.15, -0.1) is 0 Å². The summed E-state index contributed by atoms with van der Waals surface area (Å²) in [5, 5.41) is 13.4. The molecule has 0 spiro atoms. The number of hydrogen-bond donors (Lipinski definition) is 1. The van der Waals surface area contributed by atoms with Crippen molar-refractivity contribution in [3.63, 3.8) is 0 Å². The van der Waals surface area contributed by atoms with Crippen LogP contribution in [0.25, 0.3) is 11.4 Å². The van der Waals surface area contributed by atoms with E-state index in [0.29, 0.717) is 17.3 Å². The average molecular weight is 266 g/mol. The third kappa shape index (κ3) is 3.36. The summed E-state index contributed by atoms with van der Waals surface area (Å²) in [4.78, 5) is 4.18. The molecular formula is C13H15FN2O3. The van der Waals surface area contributed by atoms with Crippen LogP contribution in [0.5, 0.6) is 0 Å². The van der Waals surface area contributed by atoms with Gasteiger partial charge in [-0.05, 0) is 30.7 Å². The number of aliphatic hydroxyl groups excluding tert-OH is 1. The number of benzene rings is 1. The second-order valence-electron chi connectivity index (χ2n) is 4.28. The summed E-state index contributed by atoms with van der Waals surface area (Å²) in [7, 11) is 1.50. The van der Waals surface area contributed by atoms with E-state index in [0.717, 1.165) is 5.56 Å². The van der Waals surface area contributed by atoms with E-state index in [-0.39, 0.29) is 18.8 Å². The molecule has 19 heavy (non-hydrogen) atoms. The normalized spacial score (nSPS) is 12.6. The maximum Gasteiger partial charge on any atom is 0.229 e. The first kappa shape index (κ1) is 13.6. The fourth-order valence-corrected chi connectivity index (χ4v) is 1.78. The number of aliphatic hydroxyl groups is 1. The molecule has 1 aromatic heterocycles. The Bertz CT molecular complexity index is 557. The number of aryl methyl sites for hydroxylation is 1. The number of ether oxygens (including phenoxy) is 1. The van der Waals surface area contributed by atoms with Gasteiger partial charge in [-0.1, -0.05) is 5.16 Å². The van der Waals surface area contributed by atoms with Gasteiger partial charge in [-0.2, -0.15) is 4.98 Å². The van der Waals surface area contributed by atoms with Crippen LogP contribution < -0.4 is 0 Å². The standard InChI is InChI=1S/C13H15FN2O3/c1-8-5-9(14)3-4-11(8)13-15-12(19-16-13)6-10(17)7-18-2/h3-5,10,17H,6-7H2,1-2H3. The first-order valence-electron chi connectivity index (χ1n) is 5.86. The van der Waals surface area contributed by atoms with E-state index >= 15 is 0 Å². The predicted molar refractivity (Wildman–Crippen MR) is 66.0 cm³/mol. The molecule has 5 nitrogen and oxygen atoms in total. The Balaban J connectivity index is 2.16. The Morgan fingerprint density at radius 3 is 2.95 bits per heavy atom. The van der Waals surface area contributed by atoms with Gasteiger partial charge in [-0.25, -0.2) is 4.39 Å². The van der Waals surface area contributed by atoms with Crippen LogP contribution in [0.1, 0.15) is 11.5 Å². The first-order chi connectivity index (χ1) is 9.10. The highest BCUT2D eigenvalue weighted by Crippen LogP contribution is 2.21. The van der Waals surface area contributed by atoms with Crippen molar-refractivity contribution in [3.8, 4) is 11.4 Å². The van der Waals surface area contributed by atoms with E-state index in [1.165, 1.54) is 19.2 Å². The van der Waals surface area contributed by atoms with E-state index in [4.69, 9.17) is 9.26 Å². The second kappa shape index (κ2) is 5.90. The molecule has 1 atom stereocenters. The largest absolute Gasteiger partial charge is 0.390 e. The fourth-order valence-electron chi connectivity index (χ4n) is 1.78. The van der Waals surface area contributed by atoms with Crippen molar-refractivity contribution >= 4 is 0 Å². The minimum atomic E-state index is -0.687. The number of nitrogens with zero attached hydrogens (tertiary/aromatic N) is 2. The van der Waals surface area contributed by atoms with E-state index < -0.39 is 6.10 Å². The average Bonchev–Trinajstić information content (AvgIpc) is 2.77. The van der Waals surface area contributed by atoms with Crippen LogP contribution in [0.4, 0.5) is 4.39 Å². The molecule has 0 aliphatic rings. The molecule has 0 amide bonds. The number of halogens is 1. The van der Waals surface area contributed by atoms with E-state index in [2.05, 4.69) is 10.1 Å². The summed E-state index contributed by atoms with van der Waals surface area (Å²) >= 11 is 0. The molecule has 1 heterocycles. The monoisotopic (exact) mass is 266 g/mol. The zero-order valence-electron chi connectivity index (χ0n) is 10.8. The van der Waals surface area contributed by atoms with Crippen molar-refractivity contribution in [2.75, 3.05) is 13.7 Å². The predicted octanol–water partition coefficient (Wildman–Crippen LogP) is 1.73. The summed E-state index contributed by atoms with van der Waals surface area (Å²) < 4.78 is 22.9. The van der Waals surface area contributed by atoms with Crippen molar-refractivity contribution in [2.45, 2.75) is 19.4 Å². The van der Waals surface area contributed by atoms with Crippen LogP contribution in [0.15, 0.2) is 22.7 Å². The van der Waals surface area contributed by atoms with Gasteiger partial charge >= 0.3 is 0 Å². The van der Waals surface area contributed by atoms with Gasteiger partial charge in [0, 0.05) is 12.7 Å². The Morgan fingerprint density at radius 2 is 2.26 bits per heavy atom. The molecule has 1 aromatic carbocycles. The molecule has 1 N–H and O–H groups in total. The van der Waals surface area contributed by atoms with Crippen molar-refractivity contribution < 1.29 is 18.8 Å². The zero-order chi connectivity index (χ0) is 13.8. The van der Waals surface area contributed by atoms with Gasteiger partial charge in [0.05, 0.1) is 19.1 Å². The Kier molecular flexibility index (Phi) is 4.24. The molecule has 102 valence electrons. The highest BCUT2D eigenvalue weighted by molar-refractivity contribution is 5.59. The first-order valence-corrected chi connectivity index (χ1v) is 5.86. The fraction of sp³-hybridized carbons (Fsp3) is 0.385. The molecule has 0 aliphatic heterocycles. The summed E-state index contributed by atoms with van der Waals surface area (Å²) in [6, 6.07) is 4.36. The van der Waals surface area contributed by atoms with Crippen molar-refractivity contribution in [3.05, 3.63) is 35.5 Å². The maximum atomic E-state index is 13.0. The Labute approximate surface area is 110 Å². The lowest BCUT2D eigenvalue weighted by molar-refractivity contribution is 0.0599. The third-order valence-electron chi connectivity index (χ3n) is 2.67. The van der Waals surface area contributed by atoms with E-state index in [1.54, 1.807) is 13.0 Å². The molecule has 6 heteroatoms. The highest BCUT2D eigenvalue weighted by Gasteiger charge is 2.14. The van der Waals surface area contributed by atoms with Gasteiger partial charge in [0.15, 0.2) is 0 Å². The lowest BCUT2D eigenvalue weighted by Gasteiger charge is -2.04. The molecule has 2 rings (SSSR count). The van der Waals surface area contributed by atoms with Crippen LogP contribution in [-0.4, -0.2) is 35.1 Å². The highest BCUT2D eigenvalue weighted by atomic mass is 19.1. The van der Waals surface area contributed by atoms with Crippen molar-refractivity contribution in [1.82, 2.24) is 10.1 Å². The van der Waals surface area contributed by atoms with Crippen LogP contribution in [0.3, 0.4) is 0 Å². The maximum absolute atomic E-state index is 13.0. The summed E-state index contributed by atoms with van der Waals surface area (Å²) in [5.74, 6) is 0.404. The van der Waals surface area contributed by atoms with Crippen LogP contribution in [0.2, 0.25) is 0 Å². The van der Waals surface area contributed by atoms with Crippen molar-refractivity contribution in [2.24, 2.45) is 0 Å². The van der Waals surface area contributed by atoms with E-state index in [1.807, 2.05) is 0 Å². The number of aromatic nitrogens is 2. The molecule has 1 unspecified atom stereocenters. The Hall–Kier alpha value is -1.79. The van der Waals surface area contributed by atoms with Crippen LogP contribution in [-0.2, 0) is 11.2 Å². The quantitative estimate of drug-likeness (QED) is 0.892. The van der Waals surface area contributed by atoms with Gasteiger partial charge in [-0.3, -0.25) is 0 Å². The SMILES string of the molecule is COCC(O)Cc1nc(-c2ccc(F)cc2C)no1. The molecule has 2 aromatic rings. The smallest absolute Gasteiger partial charge is 0.229 e. The minimum Gasteiger partial charge on any atom is -0.390 e. The van der Waals surface area contributed by atoms with Gasteiger partial charge < -0.3 is 14.4 Å². The van der Waals surface area contributed by atoms with Crippen LogP contribution in [0, 0.1) is 12.7 Å². The molecule has 0 aliphatic carbocycles. The molecule has 0 saturated heterocycles. The lowest BCUT2D eigenvalue weighted by atomic mass is 10.1. The van der Waals surface area contributed by atoms with Gasteiger partial charge in [0.2, 0.25) is 11.7 Å². The van der Waals surface area contributed by atoms with E-state index in [9.17, 15) is 9.50 Å². The van der Waals surface area contributed by atoms with Crippen molar-refractivity contribution in [1.29, 1.82) is 0 Å². The number of hydrogen-bond acceptors (Lipinski definition) is 5. The molecule has 0 fully saturated rings. The molecule has 0 bridgehead atoms. The molecular weight excluding hydrogens is 251 g/mol. The Morgan fingerprint density at radius 1 is 1.47 bits per heavy atom. The number of rotatable bonds is 5. The zero-order valence-corrected chi connectivity index (χ0v) is 10.8. The van der Waals surface area contributed by atoms with Gasteiger partial charge in [0.25, 0.3) is 0 Å². The molecule has 0 saturated carbocycles. The molecule has 0 radical (unpaired) electrons.